The van der Waals surface area contributed by atoms with Crippen molar-refractivity contribution in [3.63, 3.8) is 0 Å². The minimum atomic E-state index is -3.91. The molecule has 0 amide bonds. The Morgan fingerprint density at radius 2 is 2.09 bits per heavy atom. The summed E-state index contributed by atoms with van der Waals surface area (Å²) in [6.07, 6.45) is 1.62. The Hall–Kier alpha value is -1.81. The number of aromatic nitrogens is 5. The molecule has 0 bridgehead atoms. The Bertz CT molecular complexity index is 737. The summed E-state index contributed by atoms with van der Waals surface area (Å²) in [5.74, 6) is -0.0292. The van der Waals surface area contributed by atoms with Gasteiger partial charge in [0.2, 0.25) is 5.95 Å². The zero-order chi connectivity index (χ0) is 16.2. The van der Waals surface area contributed by atoms with E-state index in [-0.39, 0.29) is 30.0 Å². The molecule has 2 aromatic rings. The summed E-state index contributed by atoms with van der Waals surface area (Å²) >= 11 is 0. The van der Waals surface area contributed by atoms with Crippen LogP contribution in [0.3, 0.4) is 0 Å². The molecular weight excluding hydrogens is 315 g/mol. The summed E-state index contributed by atoms with van der Waals surface area (Å²) in [4.78, 5) is 35.2. The monoisotopic (exact) mass is 332 g/mol. The zero-order valence-electron chi connectivity index (χ0n) is 11.7. The lowest BCUT2D eigenvalue weighted by molar-refractivity contribution is 0.0673. The standard InChI is InChI=1S/C10H17N6O5P/c11-10-12-8-7(9(17)13-10)14-15-16(8)6-21-4-2-1-3-5-22(18,19)20/h1-6H2,(H2,18,19,20)(H3,11,12,13,17). The fourth-order valence-corrected chi connectivity index (χ4v) is 2.46. The predicted octanol–water partition coefficient (Wildman–Crippen LogP) is -0.581. The highest BCUT2D eigenvalue weighted by Gasteiger charge is 2.12. The van der Waals surface area contributed by atoms with Crippen molar-refractivity contribution in [2.45, 2.75) is 26.0 Å². The number of hydrogen-bond acceptors (Lipinski definition) is 7. The number of fused-ring (bicyclic) bond motifs is 1. The van der Waals surface area contributed by atoms with Crippen LogP contribution in [0.25, 0.3) is 11.2 Å². The first-order chi connectivity index (χ1) is 10.4. The molecule has 12 heteroatoms. The molecule has 5 N–H and O–H groups in total. The first-order valence-corrected chi connectivity index (χ1v) is 8.38. The van der Waals surface area contributed by atoms with E-state index in [0.717, 1.165) is 0 Å². The van der Waals surface area contributed by atoms with E-state index < -0.39 is 13.2 Å². The maximum Gasteiger partial charge on any atom is 0.325 e. The number of nitrogens with two attached hydrogens (primary N) is 1. The summed E-state index contributed by atoms with van der Waals surface area (Å²) in [7, 11) is -3.91. The number of rotatable bonds is 8. The molecule has 0 unspecified atom stereocenters. The molecular formula is C10H17N6O5P. The van der Waals surface area contributed by atoms with Gasteiger partial charge in [-0.15, -0.1) is 5.10 Å². The topological polar surface area (TPSA) is 169 Å². The largest absolute Gasteiger partial charge is 0.369 e. The van der Waals surface area contributed by atoms with E-state index in [1.165, 1.54) is 4.68 Å². The summed E-state index contributed by atoms with van der Waals surface area (Å²) in [5, 5.41) is 7.46. The molecule has 0 aliphatic rings. The first kappa shape index (κ1) is 16.6. The van der Waals surface area contributed by atoms with E-state index in [9.17, 15) is 9.36 Å². The number of anilines is 1. The van der Waals surface area contributed by atoms with Crippen LogP contribution in [0.15, 0.2) is 4.79 Å². The maximum atomic E-state index is 11.5. The quantitative estimate of drug-likeness (QED) is 0.365. The van der Waals surface area contributed by atoms with Crippen LogP contribution in [0.4, 0.5) is 5.95 Å². The van der Waals surface area contributed by atoms with Crippen molar-refractivity contribution in [1.82, 2.24) is 25.0 Å². The smallest absolute Gasteiger partial charge is 0.325 e. The second kappa shape index (κ2) is 6.97. The van der Waals surface area contributed by atoms with E-state index in [4.69, 9.17) is 20.3 Å². The Kier molecular flexibility index (Phi) is 5.24. The van der Waals surface area contributed by atoms with Crippen molar-refractivity contribution in [3.05, 3.63) is 10.4 Å². The van der Waals surface area contributed by atoms with E-state index >= 15 is 0 Å². The van der Waals surface area contributed by atoms with E-state index in [0.29, 0.717) is 25.9 Å². The highest BCUT2D eigenvalue weighted by molar-refractivity contribution is 7.51. The number of nitrogens with one attached hydrogen (secondary N) is 1. The van der Waals surface area contributed by atoms with Gasteiger partial charge in [-0.3, -0.25) is 14.3 Å². The maximum absolute atomic E-state index is 11.5. The van der Waals surface area contributed by atoms with Gasteiger partial charge in [-0.2, -0.15) is 4.98 Å². The molecule has 0 radical (unpaired) electrons. The third-order valence-electron chi connectivity index (χ3n) is 2.84. The molecule has 0 spiro atoms. The van der Waals surface area contributed by atoms with E-state index in [1.54, 1.807) is 0 Å². The molecule has 0 atom stereocenters. The van der Waals surface area contributed by atoms with Crippen molar-refractivity contribution in [2.24, 2.45) is 0 Å². The van der Waals surface area contributed by atoms with Gasteiger partial charge in [0, 0.05) is 12.8 Å². The van der Waals surface area contributed by atoms with Crippen LogP contribution in [-0.4, -0.2) is 47.5 Å². The number of H-pyrrole nitrogens is 1. The Morgan fingerprint density at radius 3 is 2.82 bits per heavy atom. The van der Waals surface area contributed by atoms with E-state index in [1.807, 2.05) is 0 Å². The predicted molar refractivity (Wildman–Crippen MR) is 77.1 cm³/mol. The molecule has 0 aromatic carbocycles. The van der Waals surface area contributed by atoms with Crippen LogP contribution < -0.4 is 11.3 Å². The lowest BCUT2D eigenvalue weighted by atomic mass is 10.3. The van der Waals surface area contributed by atoms with Crippen LogP contribution in [0, 0.1) is 0 Å². The third-order valence-corrected chi connectivity index (χ3v) is 3.74. The average molecular weight is 332 g/mol. The highest BCUT2D eigenvalue weighted by Crippen LogP contribution is 2.35. The zero-order valence-corrected chi connectivity index (χ0v) is 12.6. The Labute approximate surface area is 124 Å². The molecule has 2 heterocycles. The molecule has 0 aliphatic carbocycles. The number of nitrogen functional groups attached to an aromatic ring is 1. The lowest BCUT2D eigenvalue weighted by Gasteiger charge is -2.05. The van der Waals surface area contributed by atoms with Gasteiger partial charge in [-0.05, 0) is 12.8 Å². The lowest BCUT2D eigenvalue weighted by Crippen LogP contribution is -2.13. The first-order valence-electron chi connectivity index (χ1n) is 6.58. The van der Waals surface area contributed by atoms with E-state index in [2.05, 4.69) is 20.3 Å². The van der Waals surface area contributed by atoms with Crippen molar-refractivity contribution in [1.29, 1.82) is 0 Å². The number of nitrogens with zero attached hydrogens (tertiary/aromatic N) is 4. The number of hydrogen-bond donors (Lipinski definition) is 4. The molecule has 0 saturated carbocycles. The summed E-state index contributed by atoms with van der Waals surface area (Å²) in [6.45, 7) is 0.450. The van der Waals surface area contributed by atoms with Crippen molar-refractivity contribution >= 4 is 24.7 Å². The van der Waals surface area contributed by atoms with Gasteiger partial charge in [-0.25, -0.2) is 4.68 Å². The van der Waals surface area contributed by atoms with Gasteiger partial charge < -0.3 is 20.3 Å². The van der Waals surface area contributed by atoms with Gasteiger partial charge in [0.15, 0.2) is 11.2 Å². The van der Waals surface area contributed by atoms with Gasteiger partial charge in [-0.1, -0.05) is 11.6 Å². The third kappa shape index (κ3) is 4.60. The molecule has 11 nitrogen and oxygen atoms in total. The Balaban J connectivity index is 1.78. The fraction of sp³-hybridized carbons (Fsp3) is 0.600. The minimum Gasteiger partial charge on any atom is -0.369 e. The Morgan fingerprint density at radius 1 is 1.32 bits per heavy atom. The molecule has 0 fully saturated rings. The van der Waals surface area contributed by atoms with Crippen molar-refractivity contribution in [3.8, 4) is 0 Å². The van der Waals surface area contributed by atoms with Crippen LogP contribution in [-0.2, 0) is 16.0 Å². The average Bonchev–Trinajstić information content (AvgIpc) is 2.80. The van der Waals surface area contributed by atoms with Gasteiger partial charge >= 0.3 is 7.60 Å². The van der Waals surface area contributed by atoms with Crippen LogP contribution in [0.1, 0.15) is 19.3 Å². The molecule has 2 rings (SSSR count). The molecule has 0 aliphatic heterocycles. The van der Waals surface area contributed by atoms with Crippen LogP contribution in [0.5, 0.6) is 0 Å². The highest BCUT2D eigenvalue weighted by atomic mass is 31.2. The fourth-order valence-electron chi connectivity index (χ4n) is 1.82. The summed E-state index contributed by atoms with van der Waals surface area (Å²) in [6, 6.07) is 0. The number of aromatic amines is 1. The molecule has 22 heavy (non-hydrogen) atoms. The second-order valence-electron chi connectivity index (χ2n) is 4.70. The second-order valence-corrected chi connectivity index (χ2v) is 6.48. The number of unbranched alkanes of at least 4 members (excludes halogenated alkanes) is 2. The summed E-state index contributed by atoms with van der Waals surface area (Å²) < 4.78 is 17.3. The number of ether oxygens (including phenoxy) is 1. The van der Waals surface area contributed by atoms with Crippen molar-refractivity contribution < 1.29 is 19.1 Å². The van der Waals surface area contributed by atoms with Crippen molar-refractivity contribution in [2.75, 3.05) is 18.5 Å². The molecule has 0 saturated heterocycles. The van der Waals surface area contributed by atoms with Gasteiger partial charge in [0.25, 0.3) is 5.56 Å². The van der Waals surface area contributed by atoms with Gasteiger partial charge in [0.05, 0.1) is 0 Å². The molecule has 122 valence electrons. The molecule has 2 aromatic heterocycles. The van der Waals surface area contributed by atoms with Crippen LogP contribution >= 0.6 is 7.60 Å². The SMILES string of the molecule is Nc1nc2c(nnn2COCCCCCP(=O)(O)O)c(=O)[nH]1. The van der Waals surface area contributed by atoms with Crippen LogP contribution in [0.2, 0.25) is 0 Å². The normalized spacial score (nSPS) is 12.1. The van der Waals surface area contributed by atoms with Gasteiger partial charge in [0.1, 0.15) is 6.73 Å². The summed E-state index contributed by atoms with van der Waals surface area (Å²) in [5.41, 5.74) is 5.31. The minimum absolute atomic E-state index is 0.0292.